The molecule has 0 radical (unpaired) electrons. The minimum Gasteiger partial charge on any atom is -0.493 e. The molecule has 1 atom stereocenters. The van der Waals surface area contributed by atoms with E-state index >= 15 is 0 Å². The molecule has 6 nitrogen and oxygen atoms in total. The molecule has 0 amide bonds. The summed E-state index contributed by atoms with van der Waals surface area (Å²) in [6.45, 7) is 5.32. The highest BCUT2D eigenvalue weighted by Crippen LogP contribution is 2.29. The molecule has 2 aromatic rings. The Morgan fingerprint density at radius 1 is 1.18 bits per heavy atom. The third-order valence-corrected chi connectivity index (χ3v) is 4.67. The maximum atomic E-state index is 9.78. The Hall–Kier alpha value is -2.73. The van der Waals surface area contributed by atoms with Crippen molar-refractivity contribution < 1.29 is 14.6 Å². The molecule has 3 rings (SSSR count). The number of methoxy groups -OCH3 is 1. The standard InChI is InChI=1S/C22H29N3O3/c1-3-23-22(25-12-11-19(26)15-25)24-14-18-9-10-20(21(13-18)27-2)28-16-17-7-5-4-6-8-17/h4-10,13,19,26H,3,11-12,14-16H2,1-2H3,(H,23,24)/t19-/m1/s1. The molecule has 0 aliphatic carbocycles. The average Bonchev–Trinajstić information content (AvgIpc) is 3.16. The normalized spacial score (nSPS) is 16.9. The van der Waals surface area contributed by atoms with E-state index in [9.17, 15) is 5.11 Å². The molecule has 1 heterocycles. The van der Waals surface area contributed by atoms with Crippen LogP contribution in [0.2, 0.25) is 0 Å². The first-order chi connectivity index (χ1) is 13.7. The molecule has 1 aliphatic rings. The lowest BCUT2D eigenvalue weighted by Crippen LogP contribution is -2.40. The number of aliphatic hydroxyl groups is 1. The summed E-state index contributed by atoms with van der Waals surface area (Å²) in [7, 11) is 1.65. The molecule has 28 heavy (non-hydrogen) atoms. The van der Waals surface area contributed by atoms with Gasteiger partial charge >= 0.3 is 0 Å². The van der Waals surface area contributed by atoms with E-state index in [0.717, 1.165) is 36.6 Å². The predicted molar refractivity (Wildman–Crippen MR) is 111 cm³/mol. The molecule has 0 spiro atoms. The summed E-state index contributed by atoms with van der Waals surface area (Å²) in [5, 5.41) is 13.1. The molecule has 2 aromatic carbocycles. The van der Waals surface area contributed by atoms with E-state index in [4.69, 9.17) is 14.5 Å². The van der Waals surface area contributed by atoms with Gasteiger partial charge in [-0.3, -0.25) is 0 Å². The Kier molecular flexibility index (Phi) is 7.14. The van der Waals surface area contributed by atoms with Crippen molar-refractivity contribution in [1.82, 2.24) is 10.2 Å². The van der Waals surface area contributed by atoms with Gasteiger partial charge in [0.1, 0.15) is 6.61 Å². The minimum absolute atomic E-state index is 0.273. The lowest BCUT2D eigenvalue weighted by Gasteiger charge is -2.21. The van der Waals surface area contributed by atoms with Gasteiger partial charge in [-0.1, -0.05) is 36.4 Å². The van der Waals surface area contributed by atoms with E-state index in [-0.39, 0.29) is 6.10 Å². The van der Waals surface area contributed by atoms with Crippen LogP contribution in [0.25, 0.3) is 0 Å². The van der Waals surface area contributed by atoms with Gasteiger partial charge in [-0.05, 0) is 36.6 Å². The van der Waals surface area contributed by atoms with Crippen molar-refractivity contribution in [2.75, 3.05) is 26.7 Å². The monoisotopic (exact) mass is 383 g/mol. The maximum absolute atomic E-state index is 9.78. The van der Waals surface area contributed by atoms with Crippen LogP contribution in [0.3, 0.4) is 0 Å². The van der Waals surface area contributed by atoms with Crippen LogP contribution in [0.15, 0.2) is 53.5 Å². The lowest BCUT2D eigenvalue weighted by atomic mass is 10.2. The Labute approximate surface area is 166 Å². The summed E-state index contributed by atoms with van der Waals surface area (Å²) in [5.41, 5.74) is 2.15. The second kappa shape index (κ2) is 9.99. The molecule has 0 aromatic heterocycles. The van der Waals surface area contributed by atoms with Crippen LogP contribution in [-0.2, 0) is 13.2 Å². The number of aliphatic hydroxyl groups excluding tert-OH is 1. The fourth-order valence-electron chi connectivity index (χ4n) is 3.19. The van der Waals surface area contributed by atoms with Crippen molar-refractivity contribution in [2.24, 2.45) is 4.99 Å². The fourth-order valence-corrected chi connectivity index (χ4v) is 3.19. The van der Waals surface area contributed by atoms with Crippen LogP contribution >= 0.6 is 0 Å². The molecule has 150 valence electrons. The third-order valence-electron chi connectivity index (χ3n) is 4.67. The molecule has 0 unspecified atom stereocenters. The van der Waals surface area contributed by atoms with E-state index in [1.807, 2.05) is 55.5 Å². The highest BCUT2D eigenvalue weighted by atomic mass is 16.5. The van der Waals surface area contributed by atoms with E-state index in [1.165, 1.54) is 0 Å². The first-order valence-electron chi connectivity index (χ1n) is 9.74. The summed E-state index contributed by atoms with van der Waals surface area (Å²) in [5.74, 6) is 2.25. The zero-order valence-electron chi connectivity index (χ0n) is 16.6. The quantitative estimate of drug-likeness (QED) is 0.569. The summed E-state index contributed by atoms with van der Waals surface area (Å²) < 4.78 is 11.4. The zero-order valence-corrected chi connectivity index (χ0v) is 16.6. The average molecular weight is 383 g/mol. The molecule has 2 N–H and O–H groups in total. The van der Waals surface area contributed by atoms with Crippen LogP contribution in [0, 0.1) is 0 Å². The van der Waals surface area contributed by atoms with E-state index < -0.39 is 0 Å². The van der Waals surface area contributed by atoms with Crippen molar-refractivity contribution >= 4 is 5.96 Å². The number of hydrogen-bond acceptors (Lipinski definition) is 4. The fraction of sp³-hybridized carbons (Fsp3) is 0.409. The number of rotatable bonds is 7. The number of hydrogen-bond donors (Lipinski definition) is 2. The predicted octanol–water partition coefficient (Wildman–Crippen LogP) is 2.81. The summed E-state index contributed by atoms with van der Waals surface area (Å²) >= 11 is 0. The second-order valence-electron chi connectivity index (χ2n) is 6.82. The first-order valence-corrected chi connectivity index (χ1v) is 9.74. The molecule has 0 bridgehead atoms. The summed E-state index contributed by atoms with van der Waals surface area (Å²) in [4.78, 5) is 6.82. The van der Waals surface area contributed by atoms with Gasteiger partial charge < -0.3 is 24.8 Å². The Bertz CT molecular complexity index is 780. The van der Waals surface area contributed by atoms with Crippen molar-refractivity contribution in [3.05, 3.63) is 59.7 Å². The largest absolute Gasteiger partial charge is 0.493 e. The van der Waals surface area contributed by atoms with Crippen molar-refractivity contribution in [3.8, 4) is 11.5 Å². The number of ether oxygens (including phenoxy) is 2. The summed E-state index contributed by atoms with van der Waals surface area (Å²) in [6, 6.07) is 16.0. The van der Waals surface area contributed by atoms with Crippen molar-refractivity contribution in [2.45, 2.75) is 32.6 Å². The summed E-state index contributed by atoms with van der Waals surface area (Å²) in [6.07, 6.45) is 0.510. The molecular formula is C22H29N3O3. The zero-order chi connectivity index (χ0) is 19.8. The molecular weight excluding hydrogens is 354 g/mol. The van der Waals surface area contributed by atoms with E-state index in [0.29, 0.717) is 31.2 Å². The van der Waals surface area contributed by atoms with Gasteiger partial charge in [0.05, 0.1) is 19.8 Å². The second-order valence-corrected chi connectivity index (χ2v) is 6.82. The smallest absolute Gasteiger partial charge is 0.194 e. The van der Waals surface area contributed by atoms with Crippen LogP contribution in [0.1, 0.15) is 24.5 Å². The van der Waals surface area contributed by atoms with Gasteiger partial charge in [-0.15, -0.1) is 0 Å². The molecule has 1 fully saturated rings. The van der Waals surface area contributed by atoms with E-state index in [1.54, 1.807) is 7.11 Å². The number of guanidine groups is 1. The molecule has 1 aliphatic heterocycles. The number of aliphatic imine (C=N–C) groups is 1. The highest BCUT2D eigenvalue weighted by Gasteiger charge is 2.22. The SMILES string of the molecule is CCNC(=NCc1ccc(OCc2ccccc2)c(OC)c1)N1CC[C@@H](O)C1. The van der Waals surface area contributed by atoms with E-state index in [2.05, 4.69) is 10.2 Å². The van der Waals surface area contributed by atoms with Crippen molar-refractivity contribution in [1.29, 1.82) is 0 Å². The van der Waals surface area contributed by atoms with Crippen LogP contribution in [-0.4, -0.2) is 48.8 Å². The topological polar surface area (TPSA) is 66.3 Å². The van der Waals surface area contributed by atoms with Gasteiger partial charge in [0.25, 0.3) is 0 Å². The Morgan fingerprint density at radius 3 is 2.68 bits per heavy atom. The number of nitrogens with zero attached hydrogens (tertiary/aromatic N) is 2. The minimum atomic E-state index is -0.273. The van der Waals surface area contributed by atoms with Gasteiger partial charge in [0, 0.05) is 19.6 Å². The van der Waals surface area contributed by atoms with Crippen LogP contribution < -0.4 is 14.8 Å². The van der Waals surface area contributed by atoms with Gasteiger partial charge in [0.15, 0.2) is 17.5 Å². The Morgan fingerprint density at radius 2 is 2.00 bits per heavy atom. The maximum Gasteiger partial charge on any atom is 0.194 e. The number of likely N-dealkylation sites (tertiary alicyclic amines) is 1. The van der Waals surface area contributed by atoms with Crippen LogP contribution in [0.5, 0.6) is 11.5 Å². The van der Waals surface area contributed by atoms with Gasteiger partial charge in [-0.2, -0.15) is 0 Å². The third kappa shape index (κ3) is 5.39. The van der Waals surface area contributed by atoms with Crippen LogP contribution in [0.4, 0.5) is 0 Å². The Balaban J connectivity index is 1.66. The number of β-amino-alcohol motifs (C(OH)–C–C–N with tert-alkyl or cyclic N) is 1. The lowest BCUT2D eigenvalue weighted by molar-refractivity contribution is 0.188. The number of nitrogens with one attached hydrogen (secondary N) is 1. The molecule has 0 saturated carbocycles. The first kappa shape index (κ1) is 20.0. The van der Waals surface area contributed by atoms with Gasteiger partial charge in [-0.25, -0.2) is 4.99 Å². The molecule has 1 saturated heterocycles. The number of benzene rings is 2. The molecule has 6 heteroatoms. The van der Waals surface area contributed by atoms with Crippen molar-refractivity contribution in [3.63, 3.8) is 0 Å². The highest BCUT2D eigenvalue weighted by molar-refractivity contribution is 5.80. The van der Waals surface area contributed by atoms with Gasteiger partial charge in [0.2, 0.25) is 0 Å².